The standard InChI is InChI=1S/C32H34NO/c1-19-14-17-33(7)25(18-19)26-20(2)21-10-8-9-11-22(21)27-23-12-13-24-28(29(23)34-30(26)27)32(5,6)16-15-31(24,3)4/h8-14,17-18H,15-16H2,1-7H3/q+1. The molecule has 5 aromatic rings. The van der Waals surface area contributed by atoms with Crippen molar-refractivity contribution in [2.45, 2.75) is 65.2 Å². The molecule has 6 rings (SSSR count). The molecule has 0 spiro atoms. The van der Waals surface area contributed by atoms with Crippen molar-refractivity contribution in [3.63, 3.8) is 0 Å². The molecule has 0 N–H and O–H groups in total. The van der Waals surface area contributed by atoms with Gasteiger partial charge in [0.25, 0.3) is 0 Å². The van der Waals surface area contributed by atoms with Crippen LogP contribution in [0.3, 0.4) is 0 Å². The number of fused-ring (bicyclic) bond motifs is 7. The van der Waals surface area contributed by atoms with E-state index in [1.54, 1.807) is 0 Å². The second kappa shape index (κ2) is 6.95. The van der Waals surface area contributed by atoms with Crippen LogP contribution in [0.25, 0.3) is 44.0 Å². The molecule has 0 aliphatic heterocycles. The number of aromatic nitrogens is 1. The number of benzene rings is 3. The van der Waals surface area contributed by atoms with Crippen molar-refractivity contribution in [1.82, 2.24) is 0 Å². The zero-order valence-corrected chi connectivity index (χ0v) is 21.5. The van der Waals surface area contributed by atoms with Crippen molar-refractivity contribution in [3.8, 4) is 11.3 Å². The fraction of sp³-hybridized carbons (Fsp3) is 0.344. The first-order valence-corrected chi connectivity index (χ1v) is 12.5. The Bertz CT molecular complexity index is 1630. The topological polar surface area (TPSA) is 17.0 Å². The Labute approximate surface area is 202 Å². The van der Waals surface area contributed by atoms with Crippen LogP contribution in [0.4, 0.5) is 0 Å². The minimum absolute atomic E-state index is 0.0806. The summed E-state index contributed by atoms with van der Waals surface area (Å²) in [5.41, 5.74) is 10.1. The Morgan fingerprint density at radius 1 is 0.794 bits per heavy atom. The van der Waals surface area contributed by atoms with E-state index in [9.17, 15) is 0 Å². The molecule has 2 heteroatoms. The van der Waals surface area contributed by atoms with Crippen molar-refractivity contribution >= 4 is 32.7 Å². The molecule has 0 saturated carbocycles. The SMILES string of the molecule is Cc1cc[n+](C)c(-c2c(C)c3ccccc3c3c2oc2c4c(ccc23)C(C)(C)CCC4(C)C)c1. The van der Waals surface area contributed by atoms with E-state index in [0.717, 1.165) is 11.2 Å². The lowest BCUT2D eigenvalue weighted by atomic mass is 9.63. The van der Waals surface area contributed by atoms with Crippen LogP contribution in [0.1, 0.15) is 62.8 Å². The van der Waals surface area contributed by atoms with Crippen LogP contribution in [0, 0.1) is 13.8 Å². The van der Waals surface area contributed by atoms with Gasteiger partial charge in [0.15, 0.2) is 6.20 Å². The Kier molecular flexibility index (Phi) is 4.37. The zero-order valence-electron chi connectivity index (χ0n) is 21.5. The molecule has 34 heavy (non-hydrogen) atoms. The van der Waals surface area contributed by atoms with Crippen LogP contribution >= 0.6 is 0 Å². The quantitative estimate of drug-likeness (QED) is 0.236. The lowest BCUT2D eigenvalue weighted by molar-refractivity contribution is -0.660. The normalized spacial score (nSPS) is 16.9. The van der Waals surface area contributed by atoms with E-state index < -0.39 is 0 Å². The van der Waals surface area contributed by atoms with Gasteiger partial charge in [0.1, 0.15) is 18.2 Å². The summed E-state index contributed by atoms with van der Waals surface area (Å²) in [4.78, 5) is 0. The molecule has 0 amide bonds. The van der Waals surface area contributed by atoms with Crippen LogP contribution in [0.5, 0.6) is 0 Å². The van der Waals surface area contributed by atoms with E-state index >= 15 is 0 Å². The minimum Gasteiger partial charge on any atom is -0.455 e. The van der Waals surface area contributed by atoms with Crippen molar-refractivity contribution in [3.05, 3.63) is 77.0 Å². The van der Waals surface area contributed by atoms with Crippen LogP contribution in [-0.2, 0) is 17.9 Å². The third-order valence-corrected chi connectivity index (χ3v) is 8.40. The maximum Gasteiger partial charge on any atom is 0.216 e. The number of hydrogen-bond donors (Lipinski definition) is 0. The molecule has 2 heterocycles. The fourth-order valence-electron chi connectivity index (χ4n) is 6.29. The molecule has 0 fully saturated rings. The molecule has 2 nitrogen and oxygen atoms in total. The first kappa shape index (κ1) is 21.4. The van der Waals surface area contributed by atoms with Gasteiger partial charge in [-0.2, -0.15) is 0 Å². The molecule has 0 atom stereocenters. The van der Waals surface area contributed by atoms with E-state index in [-0.39, 0.29) is 10.8 Å². The van der Waals surface area contributed by atoms with Gasteiger partial charge in [0.2, 0.25) is 5.69 Å². The second-order valence-electron chi connectivity index (χ2n) is 11.7. The van der Waals surface area contributed by atoms with E-state index in [0.29, 0.717) is 0 Å². The van der Waals surface area contributed by atoms with E-state index in [2.05, 4.69) is 108 Å². The second-order valence-corrected chi connectivity index (χ2v) is 11.7. The predicted octanol–water partition coefficient (Wildman–Crippen LogP) is 8.20. The molecule has 0 bridgehead atoms. The Balaban J connectivity index is 1.87. The maximum absolute atomic E-state index is 7.04. The van der Waals surface area contributed by atoms with Gasteiger partial charge >= 0.3 is 0 Å². The van der Waals surface area contributed by atoms with Gasteiger partial charge in [-0.05, 0) is 65.0 Å². The molecule has 0 saturated heterocycles. The molecule has 2 aromatic heterocycles. The number of furan rings is 1. The van der Waals surface area contributed by atoms with Crippen LogP contribution < -0.4 is 4.57 Å². The van der Waals surface area contributed by atoms with Gasteiger partial charge in [-0.15, -0.1) is 0 Å². The van der Waals surface area contributed by atoms with Gasteiger partial charge in [0, 0.05) is 28.5 Å². The molecule has 0 radical (unpaired) electrons. The third-order valence-electron chi connectivity index (χ3n) is 8.40. The Morgan fingerprint density at radius 3 is 2.26 bits per heavy atom. The highest BCUT2D eigenvalue weighted by Crippen LogP contribution is 2.51. The van der Waals surface area contributed by atoms with Gasteiger partial charge in [-0.3, -0.25) is 0 Å². The highest BCUT2D eigenvalue weighted by molar-refractivity contribution is 6.24. The first-order valence-electron chi connectivity index (χ1n) is 12.5. The van der Waals surface area contributed by atoms with E-state index in [4.69, 9.17) is 4.42 Å². The van der Waals surface area contributed by atoms with Gasteiger partial charge in [-0.1, -0.05) is 64.1 Å². The number of hydrogen-bond acceptors (Lipinski definition) is 1. The number of aryl methyl sites for hydroxylation is 3. The van der Waals surface area contributed by atoms with E-state index in [1.807, 2.05) is 0 Å². The highest BCUT2D eigenvalue weighted by atomic mass is 16.3. The lowest BCUT2D eigenvalue weighted by Gasteiger charge is -2.41. The van der Waals surface area contributed by atoms with E-state index in [1.165, 1.54) is 67.9 Å². The lowest BCUT2D eigenvalue weighted by Crippen LogP contribution is -2.33. The van der Waals surface area contributed by atoms with Crippen LogP contribution in [-0.4, -0.2) is 0 Å². The number of pyridine rings is 1. The molecular weight excluding hydrogens is 414 g/mol. The van der Waals surface area contributed by atoms with Crippen LogP contribution in [0.2, 0.25) is 0 Å². The van der Waals surface area contributed by atoms with Gasteiger partial charge in [-0.25, -0.2) is 4.57 Å². The number of rotatable bonds is 1. The minimum atomic E-state index is 0.0806. The monoisotopic (exact) mass is 448 g/mol. The molecule has 3 aromatic carbocycles. The summed E-state index contributed by atoms with van der Waals surface area (Å²) < 4.78 is 9.26. The summed E-state index contributed by atoms with van der Waals surface area (Å²) in [7, 11) is 2.13. The molecule has 172 valence electrons. The van der Waals surface area contributed by atoms with Gasteiger partial charge in [0.05, 0.1) is 5.56 Å². The number of nitrogens with zero attached hydrogens (tertiary/aromatic N) is 1. The zero-order chi connectivity index (χ0) is 24.0. The third kappa shape index (κ3) is 2.84. The van der Waals surface area contributed by atoms with Crippen molar-refractivity contribution in [2.75, 3.05) is 0 Å². The van der Waals surface area contributed by atoms with Crippen molar-refractivity contribution < 1.29 is 8.98 Å². The highest BCUT2D eigenvalue weighted by Gasteiger charge is 2.40. The molecule has 1 aliphatic carbocycles. The first-order chi connectivity index (χ1) is 16.1. The predicted molar refractivity (Wildman–Crippen MR) is 143 cm³/mol. The smallest absolute Gasteiger partial charge is 0.216 e. The largest absolute Gasteiger partial charge is 0.455 e. The molecule has 0 unspecified atom stereocenters. The summed E-state index contributed by atoms with van der Waals surface area (Å²) in [5, 5.41) is 5.06. The summed E-state index contributed by atoms with van der Waals surface area (Å²) in [6.45, 7) is 13.9. The summed E-state index contributed by atoms with van der Waals surface area (Å²) in [6.07, 6.45) is 4.52. The average Bonchev–Trinajstić information content (AvgIpc) is 3.18. The Hall–Kier alpha value is -3.13. The maximum atomic E-state index is 7.04. The summed E-state index contributed by atoms with van der Waals surface area (Å²) in [6, 6.07) is 18.0. The van der Waals surface area contributed by atoms with Gasteiger partial charge < -0.3 is 4.42 Å². The average molecular weight is 449 g/mol. The molecule has 1 aliphatic rings. The summed E-state index contributed by atoms with van der Waals surface area (Å²) >= 11 is 0. The fourth-order valence-corrected chi connectivity index (χ4v) is 6.29. The summed E-state index contributed by atoms with van der Waals surface area (Å²) in [5.74, 6) is 0. The Morgan fingerprint density at radius 2 is 1.50 bits per heavy atom. The molecular formula is C32H34NO+. The van der Waals surface area contributed by atoms with Crippen molar-refractivity contribution in [2.24, 2.45) is 7.05 Å². The van der Waals surface area contributed by atoms with Crippen LogP contribution in [0.15, 0.2) is 59.1 Å². The van der Waals surface area contributed by atoms with Crippen molar-refractivity contribution in [1.29, 1.82) is 0 Å².